The van der Waals surface area contributed by atoms with E-state index in [1.165, 1.54) is 23.5 Å². The summed E-state index contributed by atoms with van der Waals surface area (Å²) in [5.74, 6) is -0.234. The van der Waals surface area contributed by atoms with Gasteiger partial charge in [-0.05, 0) is 43.9 Å². The molecule has 0 aromatic heterocycles. The van der Waals surface area contributed by atoms with Crippen LogP contribution < -0.4 is 5.73 Å². The van der Waals surface area contributed by atoms with Crippen molar-refractivity contribution in [3.05, 3.63) is 24.0 Å². The lowest BCUT2D eigenvalue weighted by Crippen LogP contribution is -2.41. The number of rotatable bonds is 7. The standard InChI is InChI=1S/C14H21FN2O3S/c1-10(11-3-4-11)17(7-8-20-2)21(18,19)12-5-6-13(15)14(16)9-12/h5-6,9-11H,3-4,7-8,16H2,1-2H3. The molecule has 5 nitrogen and oxygen atoms in total. The minimum Gasteiger partial charge on any atom is -0.396 e. The van der Waals surface area contributed by atoms with Crippen molar-refractivity contribution in [3.63, 3.8) is 0 Å². The second-order valence-corrected chi connectivity index (χ2v) is 7.26. The Hall–Kier alpha value is -1.18. The van der Waals surface area contributed by atoms with Gasteiger partial charge in [-0.25, -0.2) is 12.8 Å². The molecule has 0 heterocycles. The van der Waals surface area contributed by atoms with Crippen LogP contribution in [-0.4, -0.2) is 39.0 Å². The molecule has 2 rings (SSSR count). The van der Waals surface area contributed by atoms with Crippen molar-refractivity contribution in [3.8, 4) is 0 Å². The Morgan fingerprint density at radius 3 is 2.67 bits per heavy atom. The maximum Gasteiger partial charge on any atom is 0.243 e. The molecule has 1 aromatic rings. The Labute approximate surface area is 124 Å². The van der Waals surface area contributed by atoms with E-state index >= 15 is 0 Å². The zero-order valence-corrected chi connectivity index (χ0v) is 13.1. The average Bonchev–Trinajstić information content (AvgIpc) is 3.26. The van der Waals surface area contributed by atoms with Crippen LogP contribution in [0.3, 0.4) is 0 Å². The third-order valence-electron chi connectivity index (χ3n) is 3.85. The topological polar surface area (TPSA) is 72.6 Å². The normalized spacial score (nSPS) is 17.1. The fourth-order valence-corrected chi connectivity index (χ4v) is 4.07. The molecule has 0 amide bonds. The van der Waals surface area contributed by atoms with Crippen LogP contribution in [0.2, 0.25) is 0 Å². The third-order valence-corrected chi connectivity index (χ3v) is 5.83. The molecule has 118 valence electrons. The van der Waals surface area contributed by atoms with Gasteiger partial charge in [0.1, 0.15) is 5.82 Å². The molecule has 7 heteroatoms. The summed E-state index contributed by atoms with van der Waals surface area (Å²) < 4.78 is 45.2. The van der Waals surface area contributed by atoms with Crippen LogP contribution in [0.5, 0.6) is 0 Å². The van der Waals surface area contributed by atoms with Crippen LogP contribution in [0.4, 0.5) is 10.1 Å². The summed E-state index contributed by atoms with van der Waals surface area (Å²) in [4.78, 5) is 0.0185. The fraction of sp³-hybridized carbons (Fsp3) is 0.571. The Balaban J connectivity index is 2.33. The summed E-state index contributed by atoms with van der Waals surface area (Å²) in [6, 6.07) is 3.40. The van der Waals surface area contributed by atoms with Gasteiger partial charge in [0, 0.05) is 19.7 Å². The van der Waals surface area contributed by atoms with Gasteiger partial charge in [-0.3, -0.25) is 0 Å². The first kappa shape index (κ1) is 16.2. The first-order chi connectivity index (χ1) is 9.87. The minimum absolute atomic E-state index is 0.0185. The molecule has 2 N–H and O–H groups in total. The summed E-state index contributed by atoms with van der Waals surface area (Å²) in [6.07, 6.45) is 2.07. The molecule has 1 unspecified atom stereocenters. The van der Waals surface area contributed by atoms with Crippen LogP contribution in [0.25, 0.3) is 0 Å². The second kappa shape index (κ2) is 6.29. The molecular weight excluding hydrogens is 295 g/mol. The Morgan fingerprint density at radius 1 is 1.48 bits per heavy atom. The maximum atomic E-state index is 13.2. The third kappa shape index (κ3) is 3.53. The monoisotopic (exact) mass is 316 g/mol. The van der Waals surface area contributed by atoms with Crippen molar-refractivity contribution in [1.29, 1.82) is 0 Å². The van der Waals surface area contributed by atoms with Gasteiger partial charge >= 0.3 is 0 Å². The molecule has 1 fully saturated rings. The summed E-state index contributed by atoms with van der Waals surface area (Å²) in [5, 5.41) is 0. The van der Waals surface area contributed by atoms with Gasteiger partial charge in [0.15, 0.2) is 0 Å². The smallest absolute Gasteiger partial charge is 0.243 e. The van der Waals surface area contributed by atoms with Crippen molar-refractivity contribution in [2.45, 2.75) is 30.7 Å². The number of nitrogens with two attached hydrogens (primary N) is 1. The van der Waals surface area contributed by atoms with Gasteiger partial charge < -0.3 is 10.5 Å². The Bertz CT molecular complexity index is 602. The van der Waals surface area contributed by atoms with E-state index in [1.54, 1.807) is 0 Å². The van der Waals surface area contributed by atoms with E-state index in [9.17, 15) is 12.8 Å². The van der Waals surface area contributed by atoms with Gasteiger partial charge in [0.25, 0.3) is 0 Å². The van der Waals surface area contributed by atoms with Crippen molar-refractivity contribution < 1.29 is 17.5 Å². The molecule has 1 aliphatic carbocycles. The number of nitrogen functional groups attached to an aromatic ring is 1. The van der Waals surface area contributed by atoms with E-state index in [0.717, 1.165) is 18.9 Å². The lowest BCUT2D eigenvalue weighted by atomic mass is 10.2. The van der Waals surface area contributed by atoms with E-state index in [2.05, 4.69) is 0 Å². The maximum absolute atomic E-state index is 13.2. The number of hydrogen-bond acceptors (Lipinski definition) is 4. The average molecular weight is 316 g/mol. The molecule has 1 atom stereocenters. The SMILES string of the molecule is COCCN(C(C)C1CC1)S(=O)(=O)c1ccc(F)c(N)c1. The molecule has 21 heavy (non-hydrogen) atoms. The highest BCUT2D eigenvalue weighted by molar-refractivity contribution is 7.89. The molecule has 1 aliphatic rings. The molecule has 0 radical (unpaired) electrons. The van der Waals surface area contributed by atoms with Crippen molar-refractivity contribution in [2.75, 3.05) is 26.0 Å². The molecular formula is C14H21FN2O3S. The van der Waals surface area contributed by atoms with Crippen LogP contribution in [0.1, 0.15) is 19.8 Å². The second-order valence-electron chi connectivity index (χ2n) is 5.37. The minimum atomic E-state index is -3.71. The van der Waals surface area contributed by atoms with Crippen LogP contribution in [0, 0.1) is 11.7 Å². The summed E-state index contributed by atoms with van der Waals surface area (Å²) in [5.41, 5.74) is 5.32. The van der Waals surface area contributed by atoms with E-state index in [1.807, 2.05) is 6.92 Å². The number of sulfonamides is 1. The quantitative estimate of drug-likeness (QED) is 0.779. The van der Waals surface area contributed by atoms with Gasteiger partial charge in [-0.1, -0.05) is 0 Å². The molecule has 0 saturated heterocycles. The predicted octanol–water partition coefficient (Wildman–Crippen LogP) is 1.84. The first-order valence-electron chi connectivity index (χ1n) is 6.93. The Morgan fingerprint density at radius 2 is 2.14 bits per heavy atom. The summed E-state index contributed by atoms with van der Waals surface area (Å²) >= 11 is 0. The molecule has 0 spiro atoms. The first-order valence-corrected chi connectivity index (χ1v) is 8.37. The lowest BCUT2D eigenvalue weighted by molar-refractivity contribution is 0.164. The van der Waals surface area contributed by atoms with Crippen molar-refractivity contribution in [2.24, 2.45) is 5.92 Å². The van der Waals surface area contributed by atoms with Crippen LogP contribution in [0.15, 0.2) is 23.1 Å². The zero-order chi connectivity index (χ0) is 15.6. The van der Waals surface area contributed by atoms with Crippen molar-refractivity contribution in [1.82, 2.24) is 4.31 Å². The number of ether oxygens (including phenoxy) is 1. The molecule has 0 bridgehead atoms. The lowest BCUT2D eigenvalue weighted by Gasteiger charge is -2.28. The number of methoxy groups -OCH3 is 1. The van der Waals surface area contributed by atoms with E-state index in [4.69, 9.17) is 10.5 Å². The van der Waals surface area contributed by atoms with E-state index in [-0.39, 0.29) is 23.2 Å². The number of halogens is 1. The van der Waals surface area contributed by atoms with Gasteiger partial charge in [0.2, 0.25) is 10.0 Å². The molecule has 1 saturated carbocycles. The van der Waals surface area contributed by atoms with Crippen LogP contribution in [-0.2, 0) is 14.8 Å². The number of benzene rings is 1. The van der Waals surface area contributed by atoms with Gasteiger partial charge in [0.05, 0.1) is 17.2 Å². The largest absolute Gasteiger partial charge is 0.396 e. The summed E-state index contributed by atoms with van der Waals surface area (Å²) in [6.45, 7) is 2.48. The molecule has 0 aliphatic heterocycles. The van der Waals surface area contributed by atoms with Crippen molar-refractivity contribution >= 4 is 15.7 Å². The predicted molar refractivity (Wildman–Crippen MR) is 78.8 cm³/mol. The summed E-state index contributed by atoms with van der Waals surface area (Å²) in [7, 11) is -2.18. The number of anilines is 1. The zero-order valence-electron chi connectivity index (χ0n) is 12.3. The highest BCUT2D eigenvalue weighted by atomic mass is 32.2. The Kier molecular flexibility index (Phi) is 4.85. The highest BCUT2D eigenvalue weighted by Crippen LogP contribution is 2.37. The van der Waals surface area contributed by atoms with Crippen LogP contribution >= 0.6 is 0 Å². The van der Waals surface area contributed by atoms with E-state index in [0.29, 0.717) is 12.5 Å². The number of hydrogen-bond donors (Lipinski definition) is 1. The number of nitrogens with zero attached hydrogens (tertiary/aromatic N) is 1. The van der Waals surface area contributed by atoms with Gasteiger partial charge in [-0.2, -0.15) is 4.31 Å². The molecule has 1 aromatic carbocycles. The van der Waals surface area contributed by atoms with E-state index < -0.39 is 15.8 Å². The van der Waals surface area contributed by atoms with Gasteiger partial charge in [-0.15, -0.1) is 0 Å². The highest BCUT2D eigenvalue weighted by Gasteiger charge is 2.38. The fourth-order valence-electron chi connectivity index (χ4n) is 2.36.